The zero-order chi connectivity index (χ0) is 19.8. The van der Waals surface area contributed by atoms with Crippen molar-refractivity contribution in [2.24, 2.45) is 12.0 Å². The van der Waals surface area contributed by atoms with Crippen molar-refractivity contribution in [2.45, 2.75) is 20.0 Å². The van der Waals surface area contributed by atoms with Crippen LogP contribution < -0.4 is 15.4 Å². The van der Waals surface area contributed by atoms with Gasteiger partial charge in [-0.15, -0.1) is 24.0 Å². The second-order valence-corrected chi connectivity index (χ2v) is 5.88. The van der Waals surface area contributed by atoms with Gasteiger partial charge in [0, 0.05) is 31.4 Å². The third-order valence-electron chi connectivity index (χ3n) is 3.83. The number of guanidine groups is 1. The zero-order valence-corrected chi connectivity index (χ0v) is 18.5. The molecule has 0 fully saturated rings. The van der Waals surface area contributed by atoms with E-state index in [9.17, 15) is 4.39 Å². The number of ether oxygens (including phenoxy) is 1. The lowest BCUT2D eigenvalue weighted by Crippen LogP contribution is -2.37. The largest absolute Gasteiger partial charge is 0.439 e. The first-order chi connectivity index (χ1) is 13.7. The lowest BCUT2D eigenvalue weighted by molar-refractivity contribution is 0.452. The van der Waals surface area contributed by atoms with E-state index in [-0.39, 0.29) is 29.8 Å². The highest BCUT2D eigenvalue weighted by Crippen LogP contribution is 2.23. The number of halogens is 2. The summed E-state index contributed by atoms with van der Waals surface area (Å²) in [5.41, 5.74) is 0.780. The molecule has 0 saturated carbocycles. The topological polar surface area (TPSA) is 89.2 Å². The monoisotopic (exact) mass is 511 g/mol. The third kappa shape index (κ3) is 6.66. The molecular formula is C19H23FIN7O. The number of benzene rings is 1. The van der Waals surface area contributed by atoms with E-state index in [1.807, 2.05) is 26.1 Å². The molecule has 0 aliphatic rings. The standard InChI is InChI=1S/C19H22FN7O.HI/c1-3-21-19(24-12-17-25-13-26-27(17)2)23-11-14-6-5-9-22-18(14)28-16-8-4-7-15(20)10-16;/h4-10,13H,3,11-12H2,1-2H3,(H2,21,23,24);1H. The summed E-state index contributed by atoms with van der Waals surface area (Å²) < 4.78 is 20.8. The SMILES string of the molecule is CCNC(=NCc1cccnc1Oc1cccc(F)c1)NCc1ncnn1C.I. The smallest absolute Gasteiger partial charge is 0.224 e. The summed E-state index contributed by atoms with van der Waals surface area (Å²) in [5.74, 6) is 1.83. The van der Waals surface area contributed by atoms with Gasteiger partial charge in [0.15, 0.2) is 5.96 Å². The minimum atomic E-state index is -0.365. The predicted molar refractivity (Wildman–Crippen MR) is 119 cm³/mol. The van der Waals surface area contributed by atoms with Crippen molar-refractivity contribution >= 4 is 29.9 Å². The molecule has 3 aromatic rings. The molecule has 0 amide bonds. The van der Waals surface area contributed by atoms with Crippen LogP contribution >= 0.6 is 24.0 Å². The fourth-order valence-corrected chi connectivity index (χ4v) is 2.43. The number of nitrogens with one attached hydrogen (secondary N) is 2. The first kappa shape index (κ1) is 22.5. The summed E-state index contributed by atoms with van der Waals surface area (Å²) in [6, 6.07) is 9.62. The molecule has 0 spiro atoms. The maximum atomic E-state index is 13.4. The van der Waals surface area contributed by atoms with Crippen LogP contribution in [-0.2, 0) is 20.1 Å². The van der Waals surface area contributed by atoms with E-state index in [4.69, 9.17) is 4.74 Å². The molecule has 10 heteroatoms. The van der Waals surface area contributed by atoms with Gasteiger partial charge in [-0.1, -0.05) is 12.1 Å². The van der Waals surface area contributed by atoms with E-state index in [0.29, 0.717) is 37.2 Å². The summed E-state index contributed by atoms with van der Waals surface area (Å²) in [6.45, 7) is 3.53. The highest BCUT2D eigenvalue weighted by Gasteiger charge is 2.08. The number of aryl methyl sites for hydroxylation is 1. The van der Waals surface area contributed by atoms with E-state index >= 15 is 0 Å². The third-order valence-corrected chi connectivity index (χ3v) is 3.83. The van der Waals surface area contributed by atoms with Crippen molar-refractivity contribution in [3.05, 3.63) is 66.1 Å². The van der Waals surface area contributed by atoms with Gasteiger partial charge in [-0.2, -0.15) is 5.10 Å². The molecule has 29 heavy (non-hydrogen) atoms. The van der Waals surface area contributed by atoms with Gasteiger partial charge in [0.2, 0.25) is 5.88 Å². The van der Waals surface area contributed by atoms with Crippen molar-refractivity contribution in [2.75, 3.05) is 6.54 Å². The maximum absolute atomic E-state index is 13.4. The van der Waals surface area contributed by atoms with Crippen LogP contribution in [0, 0.1) is 5.82 Å². The Morgan fingerprint density at radius 2 is 2.07 bits per heavy atom. The first-order valence-corrected chi connectivity index (χ1v) is 8.88. The van der Waals surface area contributed by atoms with Gasteiger partial charge < -0.3 is 15.4 Å². The molecule has 0 bridgehead atoms. The van der Waals surface area contributed by atoms with E-state index in [1.54, 1.807) is 23.0 Å². The summed E-state index contributed by atoms with van der Waals surface area (Å²) in [4.78, 5) is 13.0. The lowest BCUT2D eigenvalue weighted by atomic mass is 10.2. The summed E-state index contributed by atoms with van der Waals surface area (Å²) in [6.07, 6.45) is 3.13. The average Bonchev–Trinajstić information content (AvgIpc) is 3.10. The van der Waals surface area contributed by atoms with Crippen LogP contribution in [0.5, 0.6) is 11.6 Å². The fourth-order valence-electron chi connectivity index (χ4n) is 2.43. The summed E-state index contributed by atoms with van der Waals surface area (Å²) in [5, 5.41) is 10.4. The molecule has 2 aromatic heterocycles. The molecule has 0 radical (unpaired) electrons. The lowest BCUT2D eigenvalue weighted by Gasteiger charge is -2.12. The number of rotatable bonds is 7. The van der Waals surface area contributed by atoms with Gasteiger partial charge in [0.05, 0.1) is 13.1 Å². The average molecular weight is 511 g/mol. The van der Waals surface area contributed by atoms with Crippen LogP contribution in [-0.4, -0.2) is 32.3 Å². The fraction of sp³-hybridized carbons (Fsp3) is 0.263. The molecule has 8 nitrogen and oxygen atoms in total. The maximum Gasteiger partial charge on any atom is 0.224 e. The Morgan fingerprint density at radius 1 is 1.21 bits per heavy atom. The van der Waals surface area contributed by atoms with Gasteiger partial charge in [-0.3, -0.25) is 4.68 Å². The highest BCUT2D eigenvalue weighted by atomic mass is 127. The molecule has 0 aliphatic carbocycles. The second-order valence-electron chi connectivity index (χ2n) is 5.88. The van der Waals surface area contributed by atoms with Crippen molar-refractivity contribution in [1.82, 2.24) is 30.4 Å². The van der Waals surface area contributed by atoms with Gasteiger partial charge >= 0.3 is 0 Å². The van der Waals surface area contributed by atoms with Crippen LogP contribution in [0.15, 0.2) is 53.9 Å². The summed E-state index contributed by atoms with van der Waals surface area (Å²) in [7, 11) is 1.83. The van der Waals surface area contributed by atoms with E-state index in [2.05, 4.69) is 30.7 Å². The van der Waals surface area contributed by atoms with E-state index < -0.39 is 0 Å². The van der Waals surface area contributed by atoms with Crippen molar-refractivity contribution in [1.29, 1.82) is 0 Å². The van der Waals surface area contributed by atoms with E-state index in [1.165, 1.54) is 18.5 Å². The number of hydrogen-bond acceptors (Lipinski definition) is 5. The Kier molecular flexibility index (Phi) is 8.77. The number of hydrogen-bond donors (Lipinski definition) is 2. The number of nitrogens with zero attached hydrogens (tertiary/aromatic N) is 5. The van der Waals surface area contributed by atoms with Crippen LogP contribution in [0.2, 0.25) is 0 Å². The van der Waals surface area contributed by atoms with Gasteiger partial charge in [0.1, 0.15) is 23.7 Å². The molecule has 0 aliphatic heterocycles. The molecule has 0 unspecified atom stereocenters. The highest BCUT2D eigenvalue weighted by molar-refractivity contribution is 14.0. The molecule has 2 heterocycles. The molecule has 1 aromatic carbocycles. The number of aromatic nitrogens is 4. The minimum Gasteiger partial charge on any atom is -0.439 e. The van der Waals surface area contributed by atoms with Crippen LogP contribution in [0.1, 0.15) is 18.3 Å². The van der Waals surface area contributed by atoms with Gasteiger partial charge in [0.25, 0.3) is 0 Å². The zero-order valence-electron chi connectivity index (χ0n) is 16.2. The minimum absolute atomic E-state index is 0. The summed E-state index contributed by atoms with van der Waals surface area (Å²) >= 11 is 0. The molecule has 154 valence electrons. The van der Waals surface area contributed by atoms with Gasteiger partial charge in [-0.25, -0.2) is 19.4 Å². The Morgan fingerprint density at radius 3 is 2.79 bits per heavy atom. The molecule has 3 rings (SSSR count). The molecule has 0 saturated heterocycles. The number of pyridine rings is 1. The Hall–Kier alpha value is -2.76. The normalized spacial score (nSPS) is 10.9. The Balaban J connectivity index is 0.00000300. The molecule has 2 N–H and O–H groups in total. The predicted octanol–water partition coefficient (Wildman–Crippen LogP) is 3.01. The van der Waals surface area contributed by atoms with Crippen molar-refractivity contribution in [3.63, 3.8) is 0 Å². The van der Waals surface area contributed by atoms with Crippen molar-refractivity contribution < 1.29 is 9.13 Å². The van der Waals surface area contributed by atoms with Gasteiger partial charge in [-0.05, 0) is 25.1 Å². The second kappa shape index (κ2) is 11.3. The molecule has 0 atom stereocenters. The van der Waals surface area contributed by atoms with Crippen LogP contribution in [0.3, 0.4) is 0 Å². The van der Waals surface area contributed by atoms with Crippen LogP contribution in [0.4, 0.5) is 4.39 Å². The van der Waals surface area contributed by atoms with E-state index in [0.717, 1.165) is 11.4 Å². The number of aliphatic imine (C=N–C) groups is 1. The first-order valence-electron chi connectivity index (χ1n) is 8.88. The van der Waals surface area contributed by atoms with Crippen LogP contribution in [0.25, 0.3) is 0 Å². The quantitative estimate of drug-likeness (QED) is 0.288. The van der Waals surface area contributed by atoms with Crippen molar-refractivity contribution in [3.8, 4) is 11.6 Å². The Bertz CT molecular complexity index is 948. The molecular weight excluding hydrogens is 488 g/mol. The Labute approximate surface area is 185 Å².